The minimum atomic E-state index is -3.02. The monoisotopic (exact) mass is 380 g/mol. The van der Waals surface area contributed by atoms with Crippen molar-refractivity contribution in [3.8, 4) is 0 Å². The van der Waals surface area contributed by atoms with E-state index in [4.69, 9.17) is 0 Å². The fourth-order valence-corrected chi connectivity index (χ4v) is 3.03. The van der Waals surface area contributed by atoms with Crippen LogP contribution in [-0.2, 0) is 12.5 Å². The van der Waals surface area contributed by atoms with Gasteiger partial charge in [-0.05, 0) is 12.8 Å². The first-order valence-corrected chi connectivity index (χ1v) is 8.21. The van der Waals surface area contributed by atoms with Crippen LogP contribution in [-0.4, -0.2) is 55.1 Å². The lowest BCUT2D eigenvalue weighted by atomic mass is 9.72. The molecule has 0 radical (unpaired) electrons. The van der Waals surface area contributed by atoms with Crippen molar-refractivity contribution in [1.82, 2.24) is 30.4 Å². The lowest BCUT2D eigenvalue weighted by Crippen LogP contribution is -2.48. The van der Waals surface area contributed by atoms with E-state index in [-0.39, 0.29) is 18.5 Å². The Balaban J connectivity index is 2.23. The minimum absolute atomic E-state index is 0.0792. The number of halogens is 5. The van der Waals surface area contributed by atoms with E-state index in [2.05, 4.69) is 20.5 Å². The van der Waals surface area contributed by atoms with Crippen LogP contribution in [0.3, 0.4) is 0 Å². The first kappa shape index (κ1) is 20.2. The molecule has 146 valence electrons. The molecule has 0 aromatic carbocycles. The third kappa shape index (κ3) is 3.56. The molecule has 0 saturated carbocycles. The van der Waals surface area contributed by atoms with Gasteiger partial charge in [0, 0.05) is 18.7 Å². The molecular weight excluding hydrogens is 359 g/mol. The fourth-order valence-electron chi connectivity index (χ4n) is 3.03. The van der Waals surface area contributed by atoms with Gasteiger partial charge in [0.25, 0.3) is 0 Å². The van der Waals surface area contributed by atoms with Gasteiger partial charge in [0.2, 0.25) is 0 Å². The Morgan fingerprint density at radius 3 is 2.19 bits per heavy atom. The lowest BCUT2D eigenvalue weighted by Gasteiger charge is -2.36. The molecule has 2 heterocycles. The molecule has 0 aliphatic rings. The van der Waals surface area contributed by atoms with E-state index in [0.717, 1.165) is 6.20 Å². The Morgan fingerprint density at radius 2 is 1.73 bits per heavy atom. The van der Waals surface area contributed by atoms with E-state index >= 15 is 4.39 Å². The maximum Gasteiger partial charge on any atom is 0.179 e. The molecule has 0 fully saturated rings. The second-order valence-corrected chi connectivity index (χ2v) is 6.17. The van der Waals surface area contributed by atoms with E-state index in [1.807, 2.05) is 5.21 Å². The fraction of sp³-hybridized carbons (Fsp3) is 0.733. The number of nitrogens with one attached hydrogen (secondary N) is 1. The number of hydrogen-bond acceptors (Lipinski definition) is 4. The van der Waals surface area contributed by atoms with Crippen molar-refractivity contribution in [3.63, 3.8) is 0 Å². The summed E-state index contributed by atoms with van der Waals surface area (Å²) >= 11 is 0. The maximum absolute atomic E-state index is 15.0. The second kappa shape index (κ2) is 8.09. The topological polar surface area (TPSA) is 72.3 Å². The van der Waals surface area contributed by atoms with E-state index in [1.165, 1.54) is 10.9 Å². The second-order valence-electron chi connectivity index (χ2n) is 6.17. The Hall–Kier alpha value is -2.07. The van der Waals surface area contributed by atoms with Crippen LogP contribution in [0, 0.1) is 0 Å². The molecule has 0 spiro atoms. The number of hydrogen-bond donors (Lipinski definition) is 1. The molecule has 6 nitrogen and oxygen atoms in total. The van der Waals surface area contributed by atoms with Crippen LogP contribution < -0.4 is 0 Å². The highest BCUT2D eigenvalue weighted by Crippen LogP contribution is 2.41. The first-order chi connectivity index (χ1) is 12.3. The summed E-state index contributed by atoms with van der Waals surface area (Å²) in [4.78, 5) is 0. The minimum Gasteiger partial charge on any atom is -0.255 e. The molecule has 0 aliphatic carbocycles. The highest BCUT2D eigenvalue weighted by atomic mass is 19.2. The van der Waals surface area contributed by atoms with Crippen molar-refractivity contribution < 1.29 is 22.0 Å². The summed E-state index contributed by atoms with van der Waals surface area (Å²) in [6, 6.07) is 0. The Kier molecular flexibility index (Phi) is 6.30. The smallest absolute Gasteiger partial charge is 0.179 e. The molecule has 0 amide bonds. The number of rotatable bonds is 9. The van der Waals surface area contributed by atoms with Gasteiger partial charge in [-0.3, -0.25) is 4.68 Å². The van der Waals surface area contributed by atoms with Crippen molar-refractivity contribution in [2.24, 2.45) is 7.05 Å². The van der Waals surface area contributed by atoms with Gasteiger partial charge in [-0.1, -0.05) is 19.1 Å². The average Bonchev–Trinajstić information content (AvgIpc) is 3.32. The average molecular weight is 380 g/mol. The summed E-state index contributed by atoms with van der Waals surface area (Å²) in [5, 5.41) is 16.1. The molecule has 0 aliphatic heterocycles. The van der Waals surface area contributed by atoms with Crippen LogP contribution in [0.25, 0.3) is 0 Å². The highest BCUT2D eigenvalue weighted by Gasteiger charge is 2.50. The van der Waals surface area contributed by atoms with E-state index in [1.54, 1.807) is 20.9 Å². The van der Waals surface area contributed by atoms with E-state index in [9.17, 15) is 17.6 Å². The van der Waals surface area contributed by atoms with E-state index in [0.29, 0.717) is 0 Å². The summed E-state index contributed by atoms with van der Waals surface area (Å²) in [5.74, 6) is 0. The molecule has 2 aromatic rings. The lowest BCUT2D eigenvalue weighted by molar-refractivity contribution is -0.0255. The number of alkyl halides is 5. The zero-order valence-corrected chi connectivity index (χ0v) is 14.6. The highest BCUT2D eigenvalue weighted by molar-refractivity contribution is 5.17. The van der Waals surface area contributed by atoms with Gasteiger partial charge in [0.15, 0.2) is 24.7 Å². The van der Waals surface area contributed by atoms with Crippen LogP contribution in [0.2, 0.25) is 0 Å². The number of aromatic amines is 1. The Labute approximate surface area is 147 Å². The van der Waals surface area contributed by atoms with Gasteiger partial charge >= 0.3 is 0 Å². The van der Waals surface area contributed by atoms with Crippen molar-refractivity contribution in [3.05, 3.63) is 23.8 Å². The predicted molar refractivity (Wildman–Crippen MR) is 83.1 cm³/mol. The third-order valence-electron chi connectivity index (χ3n) is 4.79. The number of aromatic nitrogens is 6. The first-order valence-electron chi connectivity index (χ1n) is 8.21. The van der Waals surface area contributed by atoms with Gasteiger partial charge < -0.3 is 0 Å². The normalized spacial score (nSPS) is 18.3. The molecule has 2 rings (SSSR count). The molecule has 0 saturated heterocycles. The standard InChI is InChI=1S/C15H21F5N6/c1-4-15(5-2,9-7-26(3)25-23-9)14(20)13(19)12(18)11(17)10(16)8-6-21-24-22-8/h6-7,10-14H,4-5H2,1-3H3,(H,21,22,24). The maximum atomic E-state index is 15.0. The quantitative estimate of drug-likeness (QED) is 0.679. The van der Waals surface area contributed by atoms with Crippen molar-refractivity contribution in [2.45, 2.75) is 63.0 Å². The summed E-state index contributed by atoms with van der Waals surface area (Å²) in [5.41, 5.74) is -1.89. The van der Waals surface area contributed by atoms with Gasteiger partial charge in [-0.15, -0.1) is 5.10 Å². The number of nitrogens with zero attached hydrogens (tertiary/aromatic N) is 5. The van der Waals surface area contributed by atoms with Crippen molar-refractivity contribution in [1.29, 1.82) is 0 Å². The van der Waals surface area contributed by atoms with Crippen LogP contribution in [0.4, 0.5) is 22.0 Å². The predicted octanol–water partition coefficient (Wildman–Crippen LogP) is 3.05. The Bertz CT molecular complexity index is 674. The van der Waals surface area contributed by atoms with Crippen LogP contribution >= 0.6 is 0 Å². The van der Waals surface area contributed by atoms with Crippen LogP contribution in [0.5, 0.6) is 0 Å². The van der Waals surface area contributed by atoms with Crippen LogP contribution in [0.15, 0.2) is 12.4 Å². The van der Waals surface area contributed by atoms with Crippen molar-refractivity contribution in [2.75, 3.05) is 0 Å². The number of aryl methyl sites for hydroxylation is 1. The largest absolute Gasteiger partial charge is 0.255 e. The summed E-state index contributed by atoms with van der Waals surface area (Å²) in [6.45, 7) is 3.18. The summed E-state index contributed by atoms with van der Waals surface area (Å²) in [6.07, 6.45) is -11.4. The molecule has 26 heavy (non-hydrogen) atoms. The van der Waals surface area contributed by atoms with Gasteiger partial charge in [-0.2, -0.15) is 15.4 Å². The zero-order chi connectivity index (χ0) is 19.5. The van der Waals surface area contributed by atoms with Gasteiger partial charge in [0.05, 0.1) is 11.9 Å². The van der Waals surface area contributed by atoms with Crippen LogP contribution in [0.1, 0.15) is 44.2 Å². The van der Waals surface area contributed by atoms with Gasteiger partial charge in [-0.25, -0.2) is 22.0 Å². The molecule has 5 atom stereocenters. The number of H-pyrrole nitrogens is 1. The summed E-state index contributed by atoms with van der Waals surface area (Å²) in [7, 11) is 1.55. The molecular formula is C15H21F5N6. The molecule has 1 N–H and O–H groups in total. The third-order valence-corrected chi connectivity index (χ3v) is 4.79. The summed E-state index contributed by atoms with van der Waals surface area (Å²) < 4.78 is 73.2. The van der Waals surface area contributed by atoms with Gasteiger partial charge in [0.1, 0.15) is 11.9 Å². The SMILES string of the molecule is CCC(CC)(c1cn(C)nn1)C(F)C(F)C(F)C(F)C(F)c1cn[nH]n1. The zero-order valence-electron chi connectivity index (χ0n) is 14.6. The Morgan fingerprint density at radius 1 is 1.08 bits per heavy atom. The molecule has 0 bridgehead atoms. The molecule has 2 aromatic heterocycles. The molecule has 11 heteroatoms. The molecule has 5 unspecified atom stereocenters. The van der Waals surface area contributed by atoms with Crippen molar-refractivity contribution >= 4 is 0 Å². The van der Waals surface area contributed by atoms with E-state index < -0.39 is 42.0 Å².